The maximum Gasteiger partial charge on any atom is 0.397 e. The van der Waals surface area contributed by atoms with Crippen molar-refractivity contribution in [3.8, 4) is 0 Å². The van der Waals surface area contributed by atoms with Gasteiger partial charge < -0.3 is 9.62 Å². The van der Waals surface area contributed by atoms with E-state index in [0.717, 1.165) is 0 Å². The summed E-state index contributed by atoms with van der Waals surface area (Å²) in [5.41, 5.74) is 0. The van der Waals surface area contributed by atoms with Gasteiger partial charge in [0, 0.05) is 6.61 Å². The quantitative estimate of drug-likeness (QED) is 0.376. The molecule has 1 saturated heterocycles. The van der Waals surface area contributed by atoms with Crippen molar-refractivity contribution in [2.75, 3.05) is 13.2 Å². The number of carbonyl (C=O) groups excluding carboxylic acids is 1. The summed E-state index contributed by atoms with van der Waals surface area (Å²) in [6.07, 6.45) is -1.05. The molecular weight excluding hydrogens is 232 g/mol. The zero-order valence-electron chi connectivity index (χ0n) is 7.53. The van der Waals surface area contributed by atoms with Gasteiger partial charge in [-0.05, 0) is 6.42 Å². The van der Waals surface area contributed by atoms with Crippen LogP contribution in [0.3, 0.4) is 0 Å². The topological polar surface area (TPSA) is 119 Å². The normalized spacial score (nSPS) is 27.3. The van der Waals surface area contributed by atoms with Crippen molar-refractivity contribution < 1.29 is 36.8 Å². The minimum atomic E-state index is -4.67. The standard InChI is InChI=1S/C6H10O8S/c7-6(13-8)4-1-2-12-3-5(4)14-15(9,10)11/h4-5,8H,1-3H2,(H,9,10,11)/t4-,5?/m1/s1. The van der Waals surface area contributed by atoms with Gasteiger partial charge in [-0.1, -0.05) is 0 Å². The van der Waals surface area contributed by atoms with Crippen LogP contribution in [0, 0.1) is 5.92 Å². The van der Waals surface area contributed by atoms with E-state index in [1.807, 2.05) is 0 Å². The Kier molecular flexibility index (Phi) is 3.99. The first-order valence-electron chi connectivity index (χ1n) is 4.02. The molecule has 1 unspecified atom stereocenters. The van der Waals surface area contributed by atoms with Gasteiger partial charge in [0.1, 0.15) is 6.10 Å². The highest BCUT2D eigenvalue weighted by atomic mass is 32.3. The van der Waals surface area contributed by atoms with E-state index in [2.05, 4.69) is 9.07 Å². The highest BCUT2D eigenvalue weighted by Gasteiger charge is 2.36. The van der Waals surface area contributed by atoms with Crippen LogP contribution in [0.1, 0.15) is 6.42 Å². The molecule has 15 heavy (non-hydrogen) atoms. The molecule has 1 aliphatic rings. The number of hydrogen-bond acceptors (Lipinski definition) is 7. The second kappa shape index (κ2) is 4.86. The fourth-order valence-electron chi connectivity index (χ4n) is 1.30. The van der Waals surface area contributed by atoms with Gasteiger partial charge in [-0.15, -0.1) is 0 Å². The predicted molar refractivity (Wildman–Crippen MR) is 44.1 cm³/mol. The molecule has 2 N–H and O–H groups in total. The van der Waals surface area contributed by atoms with Crippen LogP contribution in [0.2, 0.25) is 0 Å². The van der Waals surface area contributed by atoms with Crippen molar-refractivity contribution in [2.24, 2.45) is 5.92 Å². The Morgan fingerprint density at radius 3 is 2.67 bits per heavy atom. The molecule has 0 radical (unpaired) electrons. The molecular formula is C6H10O8S. The van der Waals surface area contributed by atoms with Gasteiger partial charge in [0.05, 0.1) is 12.5 Å². The predicted octanol–water partition coefficient (Wildman–Crippen LogP) is -0.773. The minimum absolute atomic E-state index is 0.138. The molecule has 0 aromatic carbocycles. The van der Waals surface area contributed by atoms with Gasteiger partial charge in [0.25, 0.3) is 0 Å². The average molecular weight is 242 g/mol. The van der Waals surface area contributed by atoms with Crippen molar-refractivity contribution in [3.63, 3.8) is 0 Å². The first-order valence-corrected chi connectivity index (χ1v) is 5.39. The first kappa shape index (κ1) is 12.3. The lowest BCUT2D eigenvalue weighted by Crippen LogP contribution is -2.41. The molecule has 0 bridgehead atoms. The van der Waals surface area contributed by atoms with Crippen LogP contribution >= 0.6 is 0 Å². The summed E-state index contributed by atoms with van der Waals surface area (Å²) in [6, 6.07) is 0. The first-order chi connectivity index (χ1) is 6.94. The van der Waals surface area contributed by atoms with Crippen LogP contribution in [0.5, 0.6) is 0 Å². The van der Waals surface area contributed by atoms with Gasteiger partial charge in [-0.25, -0.2) is 8.98 Å². The number of rotatable bonds is 3. The zero-order valence-corrected chi connectivity index (χ0v) is 8.34. The summed E-state index contributed by atoms with van der Waals surface area (Å²) in [6.45, 7) is 0.0324. The molecule has 0 saturated carbocycles. The van der Waals surface area contributed by atoms with E-state index in [1.165, 1.54) is 0 Å². The van der Waals surface area contributed by atoms with E-state index >= 15 is 0 Å². The molecule has 0 aromatic heterocycles. The third-order valence-corrected chi connectivity index (χ3v) is 2.43. The van der Waals surface area contributed by atoms with E-state index < -0.39 is 28.4 Å². The van der Waals surface area contributed by atoms with E-state index in [9.17, 15) is 13.2 Å². The van der Waals surface area contributed by atoms with Gasteiger partial charge in [-0.2, -0.15) is 13.7 Å². The Balaban J connectivity index is 2.70. The van der Waals surface area contributed by atoms with E-state index in [4.69, 9.17) is 14.5 Å². The lowest BCUT2D eigenvalue weighted by Gasteiger charge is -2.27. The van der Waals surface area contributed by atoms with Crippen LogP contribution in [-0.4, -0.2) is 43.5 Å². The minimum Gasteiger partial charge on any atom is -0.379 e. The Hall–Kier alpha value is -0.740. The van der Waals surface area contributed by atoms with Gasteiger partial charge in [0.15, 0.2) is 0 Å². The molecule has 1 heterocycles. The Morgan fingerprint density at radius 1 is 1.47 bits per heavy atom. The molecule has 9 heteroatoms. The van der Waals surface area contributed by atoms with E-state index in [1.54, 1.807) is 0 Å². The molecule has 1 aliphatic heterocycles. The van der Waals surface area contributed by atoms with Crippen LogP contribution in [0.15, 0.2) is 0 Å². The van der Waals surface area contributed by atoms with Gasteiger partial charge in [-0.3, -0.25) is 4.55 Å². The third kappa shape index (κ3) is 3.72. The largest absolute Gasteiger partial charge is 0.397 e. The molecule has 2 atom stereocenters. The van der Waals surface area contributed by atoms with E-state index in [-0.39, 0.29) is 19.6 Å². The van der Waals surface area contributed by atoms with E-state index in [0.29, 0.717) is 0 Å². The lowest BCUT2D eigenvalue weighted by atomic mass is 9.98. The number of carbonyl (C=O) groups is 1. The highest BCUT2D eigenvalue weighted by Crippen LogP contribution is 2.21. The Bertz CT molecular complexity index is 322. The molecule has 0 aromatic rings. The molecule has 0 spiro atoms. The zero-order chi connectivity index (χ0) is 11.5. The van der Waals surface area contributed by atoms with Crippen molar-refractivity contribution in [2.45, 2.75) is 12.5 Å². The summed E-state index contributed by atoms with van der Waals surface area (Å²) < 4.78 is 38.3. The molecule has 1 rings (SSSR count). The highest BCUT2D eigenvalue weighted by molar-refractivity contribution is 7.80. The van der Waals surface area contributed by atoms with Crippen molar-refractivity contribution >= 4 is 16.4 Å². The smallest absolute Gasteiger partial charge is 0.379 e. The SMILES string of the molecule is O=C(OO)[C@@H]1CCOCC1OS(=O)(=O)O. The monoisotopic (exact) mass is 242 g/mol. The Labute approximate surface area is 85.6 Å². The molecule has 8 nitrogen and oxygen atoms in total. The van der Waals surface area contributed by atoms with Gasteiger partial charge in [0.2, 0.25) is 0 Å². The number of hydrogen-bond donors (Lipinski definition) is 2. The summed E-state index contributed by atoms with van der Waals surface area (Å²) >= 11 is 0. The maximum atomic E-state index is 11.0. The van der Waals surface area contributed by atoms with Crippen molar-refractivity contribution in [1.82, 2.24) is 0 Å². The van der Waals surface area contributed by atoms with Crippen LogP contribution < -0.4 is 0 Å². The average Bonchev–Trinajstić information content (AvgIpc) is 2.15. The summed E-state index contributed by atoms with van der Waals surface area (Å²) in [4.78, 5) is 14.5. The van der Waals surface area contributed by atoms with Crippen molar-refractivity contribution in [3.05, 3.63) is 0 Å². The number of ether oxygens (including phenoxy) is 1. The van der Waals surface area contributed by atoms with Crippen molar-refractivity contribution in [1.29, 1.82) is 0 Å². The summed E-state index contributed by atoms with van der Waals surface area (Å²) in [7, 11) is -4.67. The fraction of sp³-hybridized carbons (Fsp3) is 0.833. The fourth-order valence-corrected chi connectivity index (χ4v) is 1.80. The van der Waals surface area contributed by atoms with Crippen LogP contribution in [0.25, 0.3) is 0 Å². The molecule has 1 fully saturated rings. The third-order valence-electron chi connectivity index (χ3n) is 1.94. The summed E-state index contributed by atoms with van der Waals surface area (Å²) in [5, 5.41) is 8.15. The van der Waals surface area contributed by atoms with Crippen LogP contribution in [-0.2, 0) is 29.0 Å². The molecule has 0 aliphatic carbocycles. The molecule has 88 valence electrons. The van der Waals surface area contributed by atoms with Crippen LogP contribution in [0.4, 0.5) is 0 Å². The lowest BCUT2D eigenvalue weighted by molar-refractivity contribution is -0.244. The van der Waals surface area contributed by atoms with Gasteiger partial charge >= 0.3 is 16.4 Å². The second-order valence-electron chi connectivity index (χ2n) is 2.94. The maximum absolute atomic E-state index is 11.0. The summed E-state index contributed by atoms with van der Waals surface area (Å²) in [5.74, 6) is -2.00. The molecule has 0 amide bonds. The Morgan fingerprint density at radius 2 is 2.13 bits per heavy atom. The second-order valence-corrected chi connectivity index (χ2v) is 3.99.